The predicted octanol–water partition coefficient (Wildman–Crippen LogP) is 2.71. The van der Waals surface area contributed by atoms with Crippen LogP contribution in [0, 0.1) is 0 Å². The molecule has 1 atom stereocenters. The molecule has 20 heavy (non-hydrogen) atoms. The van der Waals surface area contributed by atoms with Crippen molar-refractivity contribution in [3.63, 3.8) is 0 Å². The summed E-state index contributed by atoms with van der Waals surface area (Å²) < 4.78 is 35.8. The molecule has 0 fully saturated rings. The van der Waals surface area contributed by atoms with Crippen LogP contribution in [0.1, 0.15) is 31.7 Å². The fourth-order valence-corrected chi connectivity index (χ4v) is 1.75. The van der Waals surface area contributed by atoms with Crippen molar-refractivity contribution >= 4 is 5.91 Å². The number of hydrogen-bond donors (Lipinski definition) is 2. The molecule has 6 heteroatoms. The van der Waals surface area contributed by atoms with Gasteiger partial charge in [0.2, 0.25) is 5.91 Å². The lowest BCUT2D eigenvalue weighted by molar-refractivity contribution is -0.135. The SMILES string of the molecule is CC(N)(C(=O)NCCCCC(F)(F)F)c1ccccc1. The third kappa shape index (κ3) is 5.21. The smallest absolute Gasteiger partial charge is 0.354 e. The van der Waals surface area contributed by atoms with Gasteiger partial charge in [-0.05, 0) is 25.3 Å². The van der Waals surface area contributed by atoms with E-state index < -0.39 is 24.0 Å². The van der Waals surface area contributed by atoms with Crippen LogP contribution in [0.4, 0.5) is 13.2 Å². The van der Waals surface area contributed by atoms with Gasteiger partial charge in [-0.1, -0.05) is 30.3 Å². The fourth-order valence-electron chi connectivity index (χ4n) is 1.75. The van der Waals surface area contributed by atoms with E-state index in [9.17, 15) is 18.0 Å². The Morgan fingerprint density at radius 2 is 1.80 bits per heavy atom. The highest BCUT2D eigenvalue weighted by atomic mass is 19.4. The summed E-state index contributed by atoms with van der Waals surface area (Å²) in [5.74, 6) is -0.393. The van der Waals surface area contributed by atoms with E-state index in [0.29, 0.717) is 5.56 Å². The maximum absolute atomic E-state index is 12.0. The van der Waals surface area contributed by atoms with Crippen molar-refractivity contribution in [1.29, 1.82) is 0 Å². The summed E-state index contributed by atoms with van der Waals surface area (Å²) in [6.07, 6.45) is -4.70. The standard InChI is InChI=1S/C14H19F3N2O/c1-13(18,11-7-3-2-4-8-11)12(20)19-10-6-5-9-14(15,16)17/h2-4,7-8H,5-6,9-10,18H2,1H3,(H,19,20). The second kappa shape index (κ2) is 6.74. The monoisotopic (exact) mass is 288 g/mol. The molecule has 0 saturated heterocycles. The van der Waals surface area contributed by atoms with Gasteiger partial charge in [-0.25, -0.2) is 0 Å². The largest absolute Gasteiger partial charge is 0.389 e. The summed E-state index contributed by atoms with van der Waals surface area (Å²) in [4.78, 5) is 12.0. The van der Waals surface area contributed by atoms with Crippen LogP contribution >= 0.6 is 0 Å². The summed E-state index contributed by atoms with van der Waals surface area (Å²) in [6, 6.07) is 8.84. The minimum Gasteiger partial charge on any atom is -0.354 e. The Morgan fingerprint density at radius 3 is 2.35 bits per heavy atom. The molecule has 3 nitrogen and oxygen atoms in total. The lowest BCUT2D eigenvalue weighted by Crippen LogP contribution is -2.49. The van der Waals surface area contributed by atoms with Crippen LogP contribution in [0.2, 0.25) is 0 Å². The van der Waals surface area contributed by atoms with Crippen molar-refractivity contribution in [3.05, 3.63) is 35.9 Å². The summed E-state index contributed by atoms with van der Waals surface area (Å²) >= 11 is 0. The molecule has 0 aliphatic heterocycles. The second-order valence-electron chi connectivity index (χ2n) is 4.90. The second-order valence-corrected chi connectivity index (χ2v) is 4.90. The number of alkyl halides is 3. The fraction of sp³-hybridized carbons (Fsp3) is 0.500. The first-order valence-electron chi connectivity index (χ1n) is 6.43. The van der Waals surface area contributed by atoms with Crippen molar-refractivity contribution in [1.82, 2.24) is 5.32 Å². The molecule has 1 aromatic rings. The van der Waals surface area contributed by atoms with Gasteiger partial charge in [-0.15, -0.1) is 0 Å². The number of nitrogens with one attached hydrogen (secondary N) is 1. The van der Waals surface area contributed by atoms with Crippen molar-refractivity contribution in [2.75, 3.05) is 6.54 Å². The minimum absolute atomic E-state index is 0.00357. The third-order valence-corrected chi connectivity index (χ3v) is 3.02. The van der Waals surface area contributed by atoms with Gasteiger partial charge in [0.15, 0.2) is 0 Å². The van der Waals surface area contributed by atoms with E-state index >= 15 is 0 Å². The van der Waals surface area contributed by atoms with Gasteiger partial charge in [-0.2, -0.15) is 13.2 Å². The lowest BCUT2D eigenvalue weighted by atomic mass is 9.92. The van der Waals surface area contributed by atoms with E-state index in [1.54, 1.807) is 31.2 Å². The molecule has 1 rings (SSSR count). The maximum atomic E-state index is 12.0. The van der Waals surface area contributed by atoms with Gasteiger partial charge in [0.1, 0.15) is 5.54 Å². The van der Waals surface area contributed by atoms with Crippen LogP contribution < -0.4 is 11.1 Å². The van der Waals surface area contributed by atoms with E-state index in [4.69, 9.17) is 5.73 Å². The van der Waals surface area contributed by atoms with Gasteiger partial charge in [-0.3, -0.25) is 4.79 Å². The average molecular weight is 288 g/mol. The van der Waals surface area contributed by atoms with Crippen molar-refractivity contribution in [2.45, 2.75) is 37.9 Å². The maximum Gasteiger partial charge on any atom is 0.389 e. The molecule has 1 unspecified atom stereocenters. The molecular weight excluding hydrogens is 269 g/mol. The summed E-state index contributed by atoms with van der Waals surface area (Å²) in [6.45, 7) is 1.77. The number of hydrogen-bond acceptors (Lipinski definition) is 2. The first-order chi connectivity index (χ1) is 9.23. The van der Waals surface area contributed by atoms with Gasteiger partial charge in [0.05, 0.1) is 0 Å². The van der Waals surface area contributed by atoms with Gasteiger partial charge in [0, 0.05) is 13.0 Å². The van der Waals surface area contributed by atoms with Crippen LogP contribution in [0.5, 0.6) is 0 Å². The molecule has 1 aromatic carbocycles. The Balaban J connectivity index is 2.39. The Labute approximate surface area is 116 Å². The molecule has 1 amide bonds. The highest BCUT2D eigenvalue weighted by Crippen LogP contribution is 2.22. The number of benzene rings is 1. The van der Waals surface area contributed by atoms with Crippen LogP contribution in [0.15, 0.2) is 30.3 Å². The highest BCUT2D eigenvalue weighted by molar-refractivity contribution is 5.86. The zero-order valence-electron chi connectivity index (χ0n) is 11.3. The molecule has 0 aromatic heterocycles. The molecule has 0 heterocycles. The van der Waals surface area contributed by atoms with Crippen LogP contribution in [-0.2, 0) is 10.3 Å². The van der Waals surface area contributed by atoms with Gasteiger partial charge in [0.25, 0.3) is 0 Å². The summed E-state index contributed by atoms with van der Waals surface area (Å²) in [5.41, 5.74) is 5.44. The molecule has 0 bridgehead atoms. The number of rotatable bonds is 6. The molecule has 0 radical (unpaired) electrons. The molecule has 0 spiro atoms. The highest BCUT2D eigenvalue weighted by Gasteiger charge is 2.30. The topological polar surface area (TPSA) is 55.1 Å². The van der Waals surface area contributed by atoms with Crippen LogP contribution in [-0.4, -0.2) is 18.6 Å². The Bertz CT molecular complexity index is 430. The molecule has 0 saturated carbocycles. The Morgan fingerprint density at radius 1 is 1.20 bits per heavy atom. The molecule has 3 N–H and O–H groups in total. The Kier molecular flexibility index (Phi) is 5.56. The van der Waals surface area contributed by atoms with Crippen molar-refractivity contribution in [3.8, 4) is 0 Å². The van der Waals surface area contributed by atoms with E-state index in [0.717, 1.165) is 0 Å². The van der Waals surface area contributed by atoms with Crippen molar-refractivity contribution in [2.24, 2.45) is 5.73 Å². The number of halogens is 3. The molecule has 0 aliphatic rings. The number of unbranched alkanes of at least 4 members (excludes halogenated alkanes) is 1. The normalized spacial score (nSPS) is 14.7. The van der Waals surface area contributed by atoms with Crippen molar-refractivity contribution < 1.29 is 18.0 Å². The number of carbonyl (C=O) groups excluding carboxylic acids is 1. The lowest BCUT2D eigenvalue weighted by Gasteiger charge is -2.24. The molecule has 0 aliphatic carbocycles. The number of nitrogens with two attached hydrogens (primary N) is 1. The summed E-state index contributed by atoms with van der Waals surface area (Å²) in [7, 11) is 0. The molecule has 112 valence electrons. The zero-order valence-corrected chi connectivity index (χ0v) is 11.3. The number of carbonyl (C=O) groups is 1. The van der Waals surface area contributed by atoms with Crippen LogP contribution in [0.25, 0.3) is 0 Å². The quantitative estimate of drug-likeness (QED) is 0.791. The average Bonchev–Trinajstić information content (AvgIpc) is 2.37. The zero-order chi connectivity index (χ0) is 15.2. The van der Waals surface area contributed by atoms with Gasteiger partial charge >= 0.3 is 6.18 Å². The van der Waals surface area contributed by atoms with Gasteiger partial charge < -0.3 is 11.1 Å². The third-order valence-electron chi connectivity index (χ3n) is 3.02. The summed E-state index contributed by atoms with van der Waals surface area (Å²) in [5, 5.41) is 2.58. The Hall–Kier alpha value is -1.56. The number of amides is 1. The first-order valence-corrected chi connectivity index (χ1v) is 6.43. The molecular formula is C14H19F3N2O. The van der Waals surface area contributed by atoms with E-state index in [1.165, 1.54) is 0 Å². The first kappa shape index (κ1) is 16.5. The predicted molar refractivity (Wildman–Crippen MR) is 70.9 cm³/mol. The minimum atomic E-state index is -4.14. The van der Waals surface area contributed by atoms with E-state index in [1.807, 2.05) is 6.07 Å². The van der Waals surface area contributed by atoms with Crippen LogP contribution in [0.3, 0.4) is 0 Å². The van der Waals surface area contributed by atoms with E-state index in [2.05, 4.69) is 5.32 Å². The van der Waals surface area contributed by atoms with E-state index in [-0.39, 0.29) is 19.4 Å².